The van der Waals surface area contributed by atoms with Gasteiger partial charge in [-0.2, -0.15) is 0 Å². The number of Topliss-reactive ketones (excluding diaryl/α,β-unsaturated/α-hetero) is 5. The fraction of sp³-hybridized carbons (Fsp3) is 0.824. The van der Waals surface area contributed by atoms with Gasteiger partial charge in [0.25, 0.3) is 0 Å². The Labute approximate surface area is 644 Å². The molecular formula is C85H176N4O15. The molecule has 4 N–H and O–H groups in total. The van der Waals surface area contributed by atoms with Crippen LogP contribution in [0.1, 0.15) is 355 Å². The monoisotopic (exact) mass is 1490 g/mol. The highest BCUT2D eigenvalue weighted by Gasteiger charge is 2.29. The third kappa shape index (κ3) is 96.7. The lowest BCUT2D eigenvalue weighted by molar-refractivity contribution is -0.164. The standard InChI is InChI=1S/C13H24O2.C12H24N2O3.C12H23NO3.C12H22O3.C11H21NO.C9H18O2.C9H16O.7CH4/c1-12(2,3)10(14)8-7-9-11(15)13(4,5)6;1-11(2,3)13-9(15)7-17-8-10(16)14-12(4,5)6;1-11(2,3)9(14)7-16-8-10(15)13-12(4,5)6;1-11(2,3)9(13)7-15-8-10(14)12(4,5)6;1-10(2,3)8-7-9(13)12-11(4,5)6;1-8(2,3)7(10)11-9(4,5)6;1-7(2)6-8(10)9(3,4)5;;;;;;;/h7-9H2,1-6H3;7-8H2,1-6H3,(H,13,15)(H,14,16);7-8H2,1-6H3,(H,13,15);7-8H2,1-6H3;7-8H,1-6H3,(H,12,13);1-6H3;6H,1-5H3;7*1H4/b;;;;8-7+;;;;;;;;;. The van der Waals surface area contributed by atoms with Crippen LogP contribution in [0, 0.1) is 43.3 Å². The van der Waals surface area contributed by atoms with Gasteiger partial charge in [0, 0.05) is 67.5 Å². The Morgan fingerprint density at radius 2 is 0.529 bits per heavy atom. The predicted octanol–water partition coefficient (Wildman–Crippen LogP) is 19.9. The van der Waals surface area contributed by atoms with Gasteiger partial charge in [0.2, 0.25) is 23.6 Å². The molecule has 0 aromatic carbocycles. The second-order valence-corrected chi connectivity index (χ2v) is 38.1. The van der Waals surface area contributed by atoms with Gasteiger partial charge in [0.1, 0.15) is 56.8 Å². The Bertz CT molecular complexity index is 2360. The van der Waals surface area contributed by atoms with Crippen LogP contribution in [0.25, 0.3) is 0 Å². The normalized spacial score (nSPS) is 11.6. The summed E-state index contributed by atoms with van der Waals surface area (Å²) in [6.45, 7) is 77.7. The summed E-state index contributed by atoms with van der Waals surface area (Å²) in [6, 6.07) is 0. The van der Waals surface area contributed by atoms with E-state index < -0.39 is 21.7 Å². The molecule has 0 aliphatic carbocycles. The third-order valence-corrected chi connectivity index (χ3v) is 11.3. The van der Waals surface area contributed by atoms with Crippen molar-refractivity contribution in [2.75, 3.05) is 39.6 Å². The largest absolute Gasteiger partial charge is 0.460 e. The molecule has 0 bridgehead atoms. The van der Waals surface area contributed by atoms with Gasteiger partial charge in [-0.3, -0.25) is 52.7 Å². The zero-order chi connectivity index (χ0) is 79.6. The van der Waals surface area contributed by atoms with Crippen molar-refractivity contribution in [3.8, 4) is 0 Å². The minimum atomic E-state index is -0.416. The lowest BCUT2D eigenvalue weighted by Gasteiger charge is -2.25. The Morgan fingerprint density at radius 3 is 0.692 bits per heavy atom. The van der Waals surface area contributed by atoms with Gasteiger partial charge in [-0.05, 0) is 162 Å². The van der Waals surface area contributed by atoms with Crippen LogP contribution < -0.4 is 21.3 Å². The zero-order valence-electron chi connectivity index (χ0n) is 69.7. The maximum Gasteiger partial charge on any atom is 0.311 e. The van der Waals surface area contributed by atoms with Crippen molar-refractivity contribution in [2.45, 2.75) is 383 Å². The first kappa shape index (κ1) is 131. The number of carbonyl (C=O) groups is 11. The van der Waals surface area contributed by atoms with Gasteiger partial charge in [-0.25, -0.2) is 0 Å². The number of hydrogen-bond donors (Lipinski definition) is 4. The van der Waals surface area contributed by atoms with E-state index >= 15 is 0 Å². The van der Waals surface area contributed by atoms with Crippen molar-refractivity contribution in [3.63, 3.8) is 0 Å². The minimum absolute atomic E-state index is 0. The molecule has 0 saturated heterocycles. The van der Waals surface area contributed by atoms with E-state index in [1.165, 1.54) is 0 Å². The maximum absolute atomic E-state index is 11.6. The molecule has 0 aliphatic heterocycles. The molecule has 0 aliphatic rings. The first-order valence-electron chi connectivity index (χ1n) is 34.0. The summed E-state index contributed by atoms with van der Waals surface area (Å²) < 4.78 is 20.4. The topological polar surface area (TPSA) is 273 Å². The van der Waals surface area contributed by atoms with E-state index in [2.05, 4.69) is 42.0 Å². The van der Waals surface area contributed by atoms with Crippen molar-refractivity contribution in [3.05, 3.63) is 23.8 Å². The van der Waals surface area contributed by atoms with Gasteiger partial charge in [-0.1, -0.05) is 209 Å². The fourth-order valence-electron chi connectivity index (χ4n) is 5.53. The first-order valence-corrected chi connectivity index (χ1v) is 34.0. The van der Waals surface area contributed by atoms with E-state index in [0.717, 1.165) is 5.57 Å². The molecule has 0 radical (unpaired) electrons. The first-order chi connectivity index (χ1) is 42.2. The molecule has 0 heterocycles. The summed E-state index contributed by atoms with van der Waals surface area (Å²) in [7, 11) is 0. The fourth-order valence-corrected chi connectivity index (χ4v) is 5.53. The number of ketones is 6. The van der Waals surface area contributed by atoms with E-state index in [1.807, 2.05) is 269 Å². The quantitative estimate of drug-likeness (QED) is 0.0734. The van der Waals surface area contributed by atoms with E-state index in [9.17, 15) is 52.7 Å². The van der Waals surface area contributed by atoms with Crippen molar-refractivity contribution < 1.29 is 71.7 Å². The number of rotatable bonds is 18. The van der Waals surface area contributed by atoms with Crippen molar-refractivity contribution in [1.29, 1.82) is 0 Å². The maximum atomic E-state index is 11.6. The average molecular weight is 1490 g/mol. The summed E-state index contributed by atoms with van der Waals surface area (Å²) in [5.41, 5.74) is -2.61. The number of esters is 1. The number of nitrogens with one attached hydrogen (secondary N) is 4. The van der Waals surface area contributed by atoms with E-state index in [1.54, 1.807) is 12.2 Å². The van der Waals surface area contributed by atoms with Crippen LogP contribution in [-0.4, -0.2) is 132 Å². The summed E-state index contributed by atoms with van der Waals surface area (Å²) in [5, 5.41) is 11.1. The van der Waals surface area contributed by atoms with Crippen LogP contribution >= 0.6 is 0 Å². The van der Waals surface area contributed by atoms with E-state index in [0.29, 0.717) is 19.3 Å². The van der Waals surface area contributed by atoms with Gasteiger partial charge < -0.3 is 40.2 Å². The predicted molar refractivity (Wildman–Crippen MR) is 445 cm³/mol. The van der Waals surface area contributed by atoms with Gasteiger partial charge in [-0.15, -0.1) is 0 Å². The lowest BCUT2D eigenvalue weighted by Crippen LogP contribution is -2.44. The van der Waals surface area contributed by atoms with Crippen LogP contribution in [0.3, 0.4) is 0 Å². The van der Waals surface area contributed by atoms with Crippen LogP contribution in [0.15, 0.2) is 23.8 Å². The number of carbonyl (C=O) groups excluding carboxylic acids is 11. The van der Waals surface area contributed by atoms with Crippen LogP contribution in [0.4, 0.5) is 0 Å². The van der Waals surface area contributed by atoms with Crippen molar-refractivity contribution in [1.82, 2.24) is 21.3 Å². The second kappa shape index (κ2) is 55.2. The van der Waals surface area contributed by atoms with E-state index in [-0.39, 0.29) is 205 Å². The second-order valence-electron chi connectivity index (χ2n) is 38.1. The molecule has 19 heteroatoms. The molecule has 0 aromatic rings. The number of allylic oxidation sites excluding steroid dienone is 3. The zero-order valence-corrected chi connectivity index (χ0v) is 69.7. The van der Waals surface area contributed by atoms with Crippen LogP contribution in [0.2, 0.25) is 0 Å². The Morgan fingerprint density at radius 1 is 0.298 bits per heavy atom. The molecule has 0 atom stereocenters. The highest BCUT2D eigenvalue weighted by molar-refractivity contribution is 5.94. The van der Waals surface area contributed by atoms with Gasteiger partial charge in [0.15, 0.2) is 23.1 Å². The number of ether oxygens (including phenoxy) is 4. The Balaban J connectivity index is -0.0000000753. The Kier molecular flexibility index (Phi) is 69.7. The lowest BCUT2D eigenvalue weighted by atomic mass is 9.85. The van der Waals surface area contributed by atoms with E-state index in [4.69, 9.17) is 18.9 Å². The summed E-state index contributed by atoms with van der Waals surface area (Å²) in [5.74, 6) is -0.103. The molecule has 19 nitrogen and oxygen atoms in total. The molecule has 104 heavy (non-hydrogen) atoms. The Hall–Kier alpha value is -5.27. The molecule has 0 unspecified atom stereocenters. The number of amides is 4. The highest BCUT2D eigenvalue weighted by Crippen LogP contribution is 2.24. The molecule has 0 rings (SSSR count). The van der Waals surface area contributed by atoms with Crippen molar-refractivity contribution in [2.24, 2.45) is 43.3 Å². The average Bonchev–Trinajstić information content (AvgIpc) is 0.904. The van der Waals surface area contributed by atoms with Crippen LogP contribution in [0.5, 0.6) is 0 Å². The van der Waals surface area contributed by atoms with Gasteiger partial charge >= 0.3 is 5.97 Å². The molecule has 0 aromatic heterocycles. The third-order valence-electron chi connectivity index (χ3n) is 11.3. The molecule has 4 amide bonds. The molecule has 0 saturated carbocycles. The molecule has 0 spiro atoms. The molecule has 0 fully saturated rings. The summed E-state index contributed by atoms with van der Waals surface area (Å²) in [6.07, 6.45) is 6.93. The van der Waals surface area contributed by atoms with Gasteiger partial charge in [0.05, 0.1) is 5.41 Å². The summed E-state index contributed by atoms with van der Waals surface area (Å²) in [4.78, 5) is 125. The molecular weight excluding hydrogens is 1320 g/mol. The summed E-state index contributed by atoms with van der Waals surface area (Å²) >= 11 is 0. The minimum Gasteiger partial charge on any atom is -0.460 e. The smallest absolute Gasteiger partial charge is 0.311 e. The SMILES string of the molecule is C.C.C.C.C.C.C.CC(C)(C)/C=C/C(=O)NC(C)(C)C.CC(C)(C)C(=O)CCCC(=O)C(C)(C)C.CC(C)(C)C(=O)COCC(=O)C(C)(C)C.CC(C)(C)NC(=O)COCC(=O)C(C)(C)C.CC(C)(C)NC(=O)COCC(=O)NC(C)(C)C.CC(C)(C)OC(=O)C(C)(C)C.CC(C)=CC(=O)C(C)(C)C. The number of hydrogen-bond acceptors (Lipinski definition) is 15. The van der Waals surface area contributed by atoms with Crippen molar-refractivity contribution >= 4 is 64.3 Å². The molecule has 626 valence electrons. The van der Waals surface area contributed by atoms with Crippen LogP contribution in [-0.2, 0) is 71.7 Å². The highest BCUT2D eigenvalue weighted by atomic mass is 16.6.